The Labute approximate surface area is 146 Å². The van der Waals surface area contributed by atoms with Gasteiger partial charge in [0, 0.05) is 11.4 Å². The van der Waals surface area contributed by atoms with E-state index in [4.69, 9.17) is 26.6 Å². The van der Waals surface area contributed by atoms with Crippen molar-refractivity contribution in [1.82, 2.24) is 5.32 Å². The van der Waals surface area contributed by atoms with Crippen LogP contribution in [0.25, 0.3) is 0 Å². The number of carboxylic acid groups (broad SMARTS) is 2. The lowest BCUT2D eigenvalue weighted by molar-refractivity contribution is -0.145. The molecule has 0 aliphatic carbocycles. The van der Waals surface area contributed by atoms with E-state index in [-0.39, 0.29) is 17.0 Å². The molecule has 1 aromatic rings. The molecule has 0 aromatic heterocycles. The maximum absolute atomic E-state index is 12.2. The molecule has 9 nitrogen and oxygen atoms in total. The number of carboxylic acids is 2. The van der Waals surface area contributed by atoms with Crippen LogP contribution in [-0.4, -0.2) is 51.3 Å². The van der Waals surface area contributed by atoms with Crippen molar-refractivity contribution in [3.63, 3.8) is 0 Å². The maximum atomic E-state index is 12.2. The van der Waals surface area contributed by atoms with Crippen molar-refractivity contribution in [2.75, 3.05) is 0 Å². The number of fused-ring (bicyclic) bond motifs is 1. The number of hydrogen-bond donors (Lipinski definition) is 4. The van der Waals surface area contributed by atoms with Crippen LogP contribution in [0.3, 0.4) is 0 Å². The Morgan fingerprint density at radius 2 is 2.04 bits per heavy atom. The number of esters is 1. The van der Waals surface area contributed by atoms with Gasteiger partial charge in [-0.15, -0.1) is 0 Å². The smallest absolute Gasteiger partial charge is 0.342 e. The number of phenolic OH excluding ortho intramolecular Hbond substituents is 1. The van der Waals surface area contributed by atoms with Gasteiger partial charge in [-0.1, -0.05) is 11.6 Å². The Morgan fingerprint density at radius 1 is 1.40 bits per heavy atom. The minimum Gasteiger partial charge on any atom is -0.506 e. The molecule has 2 rings (SSSR count). The summed E-state index contributed by atoms with van der Waals surface area (Å²) in [6, 6.07) is -0.623. The molecule has 1 aliphatic rings. The van der Waals surface area contributed by atoms with Crippen LogP contribution >= 0.6 is 11.6 Å². The Balaban J connectivity index is 2.40. The third kappa shape index (κ3) is 3.82. The first kappa shape index (κ1) is 18.5. The fourth-order valence-electron chi connectivity index (χ4n) is 2.45. The molecule has 2 unspecified atom stereocenters. The van der Waals surface area contributed by atoms with Crippen molar-refractivity contribution in [1.29, 1.82) is 0 Å². The van der Waals surface area contributed by atoms with E-state index in [1.807, 2.05) is 5.32 Å². The van der Waals surface area contributed by atoms with Gasteiger partial charge >= 0.3 is 17.9 Å². The summed E-state index contributed by atoms with van der Waals surface area (Å²) in [4.78, 5) is 45.9. The van der Waals surface area contributed by atoms with Crippen LogP contribution in [0.1, 0.15) is 39.6 Å². The van der Waals surface area contributed by atoms with Crippen molar-refractivity contribution < 1.29 is 39.2 Å². The number of hydrogen-bond acceptors (Lipinski definition) is 6. The lowest BCUT2D eigenvalue weighted by Gasteiger charge is -2.24. The topological polar surface area (TPSA) is 150 Å². The Bertz CT molecular complexity index is 775. The highest BCUT2D eigenvalue weighted by atomic mass is 35.5. The minimum atomic E-state index is -1.72. The molecule has 134 valence electrons. The first-order chi connectivity index (χ1) is 11.6. The predicted molar refractivity (Wildman–Crippen MR) is 82.8 cm³/mol. The maximum Gasteiger partial charge on any atom is 0.342 e. The number of carbonyl (C=O) groups excluding carboxylic acids is 2. The van der Waals surface area contributed by atoms with E-state index in [0.29, 0.717) is 5.56 Å². The van der Waals surface area contributed by atoms with E-state index in [9.17, 15) is 24.3 Å². The molecule has 10 heteroatoms. The van der Waals surface area contributed by atoms with E-state index >= 15 is 0 Å². The Kier molecular flexibility index (Phi) is 5.17. The summed E-state index contributed by atoms with van der Waals surface area (Å²) < 4.78 is 4.99. The van der Waals surface area contributed by atoms with Gasteiger partial charge in [0.1, 0.15) is 23.5 Å². The molecule has 0 fully saturated rings. The molecule has 0 bridgehead atoms. The Morgan fingerprint density at radius 3 is 2.60 bits per heavy atom. The molecule has 0 saturated carbocycles. The highest BCUT2D eigenvalue weighted by Crippen LogP contribution is 2.36. The number of aromatic hydroxyl groups is 1. The summed E-state index contributed by atoms with van der Waals surface area (Å²) in [6.07, 6.45) is -1.07. The standard InChI is InChI=1S/C15H14ClNO8/c1-5-2-6-8(16)3-7(12(20)11(6)15(24)25-5)13(21)17-9(14(22)23)4-10(18)19/h3,5,9,20H,2,4H2,1H3,(H,17,21)(H,18,19)(H,22,23). The van der Waals surface area contributed by atoms with Crippen molar-refractivity contribution in [3.05, 3.63) is 27.8 Å². The molecule has 0 spiro atoms. The number of phenols is 1. The molecule has 4 N–H and O–H groups in total. The van der Waals surface area contributed by atoms with Crippen LogP contribution in [-0.2, 0) is 20.7 Å². The van der Waals surface area contributed by atoms with Crippen LogP contribution in [0.4, 0.5) is 0 Å². The fourth-order valence-corrected chi connectivity index (χ4v) is 2.73. The summed E-state index contributed by atoms with van der Waals surface area (Å²) in [5.41, 5.74) is -0.396. The minimum absolute atomic E-state index is 0.0339. The number of rotatable bonds is 5. The van der Waals surface area contributed by atoms with Gasteiger partial charge < -0.3 is 25.4 Å². The van der Waals surface area contributed by atoms with Crippen LogP contribution < -0.4 is 5.32 Å². The average Bonchev–Trinajstić information content (AvgIpc) is 2.48. The molecule has 1 heterocycles. The van der Waals surface area contributed by atoms with E-state index in [1.54, 1.807) is 6.92 Å². The van der Waals surface area contributed by atoms with E-state index < -0.39 is 53.7 Å². The monoisotopic (exact) mass is 371 g/mol. The van der Waals surface area contributed by atoms with Gasteiger partial charge in [-0.2, -0.15) is 0 Å². The molecule has 0 saturated heterocycles. The quantitative estimate of drug-likeness (QED) is 0.555. The molecule has 1 aromatic carbocycles. The number of nitrogens with one attached hydrogen (secondary N) is 1. The zero-order valence-corrected chi connectivity index (χ0v) is 13.7. The van der Waals surface area contributed by atoms with Crippen LogP contribution in [0.2, 0.25) is 5.02 Å². The van der Waals surface area contributed by atoms with Crippen molar-refractivity contribution in [2.24, 2.45) is 0 Å². The van der Waals surface area contributed by atoms with Crippen molar-refractivity contribution in [3.8, 4) is 5.75 Å². The first-order valence-electron chi connectivity index (χ1n) is 7.12. The van der Waals surface area contributed by atoms with Gasteiger partial charge in [0.15, 0.2) is 0 Å². The van der Waals surface area contributed by atoms with Gasteiger partial charge in [0.2, 0.25) is 0 Å². The molecule has 25 heavy (non-hydrogen) atoms. The number of carbonyl (C=O) groups is 4. The lowest BCUT2D eigenvalue weighted by Crippen LogP contribution is -2.42. The van der Waals surface area contributed by atoms with Crippen LogP contribution in [0.15, 0.2) is 6.07 Å². The van der Waals surface area contributed by atoms with Gasteiger partial charge in [-0.05, 0) is 18.6 Å². The van der Waals surface area contributed by atoms with Gasteiger partial charge in [0.25, 0.3) is 5.91 Å². The summed E-state index contributed by atoms with van der Waals surface area (Å²) in [7, 11) is 0. The molecule has 2 atom stereocenters. The highest BCUT2D eigenvalue weighted by Gasteiger charge is 2.33. The number of amides is 1. The first-order valence-corrected chi connectivity index (χ1v) is 7.50. The van der Waals surface area contributed by atoms with Gasteiger partial charge in [0.05, 0.1) is 12.0 Å². The second-order valence-electron chi connectivity index (χ2n) is 5.49. The summed E-state index contributed by atoms with van der Waals surface area (Å²) >= 11 is 6.07. The third-order valence-electron chi connectivity index (χ3n) is 3.58. The van der Waals surface area contributed by atoms with Crippen LogP contribution in [0, 0.1) is 0 Å². The molecule has 0 radical (unpaired) electrons. The SMILES string of the molecule is CC1Cc2c(Cl)cc(C(=O)NC(CC(=O)O)C(=O)O)c(O)c2C(=O)O1. The van der Waals surface area contributed by atoms with Crippen LogP contribution in [0.5, 0.6) is 5.75 Å². The Hall–Kier alpha value is -2.81. The summed E-state index contributed by atoms with van der Waals surface area (Å²) in [5, 5.41) is 29.9. The fraction of sp³-hybridized carbons (Fsp3) is 0.333. The molecular formula is C15H14ClNO8. The molecular weight excluding hydrogens is 358 g/mol. The van der Waals surface area contributed by atoms with E-state index in [1.165, 1.54) is 0 Å². The summed E-state index contributed by atoms with van der Waals surface area (Å²) in [5.74, 6) is -5.64. The van der Waals surface area contributed by atoms with Gasteiger partial charge in [-0.3, -0.25) is 9.59 Å². The predicted octanol–water partition coefficient (Wildman–Crippen LogP) is 0.805. The third-order valence-corrected chi connectivity index (χ3v) is 3.92. The number of halogens is 1. The van der Waals surface area contributed by atoms with Gasteiger partial charge in [-0.25, -0.2) is 9.59 Å². The summed E-state index contributed by atoms with van der Waals surface area (Å²) in [6.45, 7) is 1.64. The number of aliphatic carboxylic acids is 2. The lowest BCUT2D eigenvalue weighted by atomic mass is 9.95. The van der Waals surface area contributed by atoms with Crippen molar-refractivity contribution in [2.45, 2.75) is 31.9 Å². The van der Waals surface area contributed by atoms with E-state index in [2.05, 4.69) is 0 Å². The number of ether oxygens (including phenoxy) is 1. The largest absolute Gasteiger partial charge is 0.506 e. The zero-order valence-electron chi connectivity index (χ0n) is 12.9. The molecule has 1 aliphatic heterocycles. The second-order valence-corrected chi connectivity index (χ2v) is 5.90. The second kappa shape index (κ2) is 6.98. The number of cyclic esters (lactones) is 1. The average molecular weight is 372 g/mol. The van der Waals surface area contributed by atoms with E-state index in [0.717, 1.165) is 6.07 Å². The zero-order chi connectivity index (χ0) is 18.9. The molecule has 1 amide bonds. The number of benzene rings is 1. The van der Waals surface area contributed by atoms with Crippen molar-refractivity contribution >= 4 is 35.4 Å². The normalized spacial score (nSPS) is 17.2. The highest BCUT2D eigenvalue weighted by molar-refractivity contribution is 6.32.